The first-order valence-electron chi connectivity index (χ1n) is 8.38. The van der Waals surface area contributed by atoms with E-state index in [0.717, 1.165) is 5.56 Å². The van der Waals surface area contributed by atoms with Gasteiger partial charge in [-0.05, 0) is 47.3 Å². The molecular weight excluding hydrogens is 398 g/mol. The van der Waals surface area contributed by atoms with Gasteiger partial charge in [-0.1, -0.05) is 12.1 Å². The fraction of sp³-hybridized carbons (Fsp3) is 0.158. The average molecular weight is 418 g/mol. The Morgan fingerprint density at radius 2 is 1.96 bits per heavy atom. The fourth-order valence-electron chi connectivity index (χ4n) is 2.34. The van der Waals surface area contributed by atoms with Crippen LogP contribution in [0.4, 0.5) is 5.69 Å². The number of hydrogen-bond donors (Lipinski definition) is 1. The van der Waals surface area contributed by atoms with Crippen LogP contribution in [0.2, 0.25) is 0 Å². The van der Waals surface area contributed by atoms with E-state index in [-0.39, 0.29) is 16.7 Å². The molecule has 1 N–H and O–H groups in total. The Kier molecular flexibility index (Phi) is 6.27. The van der Waals surface area contributed by atoms with Gasteiger partial charge in [-0.3, -0.25) is 14.1 Å². The van der Waals surface area contributed by atoms with E-state index in [1.165, 1.54) is 22.7 Å². The molecule has 0 atom stereocenters. The summed E-state index contributed by atoms with van der Waals surface area (Å²) in [6, 6.07) is 13.5. The smallest absolute Gasteiger partial charge is 0.273 e. The molecule has 0 aliphatic carbocycles. The molecule has 2 heterocycles. The first kappa shape index (κ1) is 19.8. The molecule has 0 unspecified atom stereocenters. The molecule has 0 saturated carbocycles. The number of thiophene rings is 1. The monoisotopic (exact) mass is 417 g/mol. The molecule has 0 aliphatic heterocycles. The summed E-state index contributed by atoms with van der Waals surface area (Å²) in [5.41, 5.74) is 1.40. The Balaban J connectivity index is 1.53. The summed E-state index contributed by atoms with van der Waals surface area (Å²) in [6.45, 7) is 0.239. The van der Waals surface area contributed by atoms with Crippen molar-refractivity contribution in [3.05, 3.63) is 71.9 Å². The van der Waals surface area contributed by atoms with Gasteiger partial charge in [0.1, 0.15) is 9.96 Å². The summed E-state index contributed by atoms with van der Waals surface area (Å²) in [5.74, 6) is 0.215. The first-order chi connectivity index (χ1) is 13.5. The Morgan fingerprint density at radius 3 is 2.61 bits per heavy atom. The molecule has 28 heavy (non-hydrogen) atoms. The normalized spacial score (nSPS) is 11.0. The number of aromatic nitrogens is 1. The van der Waals surface area contributed by atoms with Crippen LogP contribution in [0.1, 0.15) is 5.56 Å². The van der Waals surface area contributed by atoms with E-state index in [0.29, 0.717) is 18.0 Å². The van der Waals surface area contributed by atoms with Crippen molar-refractivity contribution in [2.24, 2.45) is 0 Å². The number of anilines is 1. The lowest BCUT2D eigenvalue weighted by Crippen LogP contribution is -2.28. The summed E-state index contributed by atoms with van der Waals surface area (Å²) in [5, 5.41) is 4.46. The van der Waals surface area contributed by atoms with Gasteiger partial charge in [0.15, 0.2) is 6.61 Å². The second kappa shape index (κ2) is 8.85. The Hall–Kier alpha value is -2.91. The van der Waals surface area contributed by atoms with Crippen molar-refractivity contribution in [3.8, 4) is 5.75 Å². The van der Waals surface area contributed by atoms with E-state index in [1.54, 1.807) is 60.2 Å². The maximum Gasteiger partial charge on any atom is 0.273 e. The minimum atomic E-state index is -3.58. The van der Waals surface area contributed by atoms with Crippen molar-refractivity contribution in [2.75, 3.05) is 18.0 Å². The van der Waals surface area contributed by atoms with Gasteiger partial charge in [-0.25, -0.2) is 8.42 Å². The van der Waals surface area contributed by atoms with Crippen LogP contribution in [-0.4, -0.2) is 33.0 Å². The molecule has 3 aromatic rings. The molecule has 9 heteroatoms. The molecule has 0 radical (unpaired) electrons. The summed E-state index contributed by atoms with van der Waals surface area (Å²) in [6.07, 6.45) is 3.35. The van der Waals surface area contributed by atoms with Crippen molar-refractivity contribution >= 4 is 33.0 Å². The standard InChI is InChI=1S/C19H19N3O4S2/c1-22(28(24,25)19-5-3-11-27-19)16-6-8-17(9-7-16)26-14-18(23)21-13-15-4-2-10-20-12-15/h2-12H,13-14H2,1H3,(H,21,23). The number of nitrogens with one attached hydrogen (secondary N) is 1. The number of pyridine rings is 1. The van der Waals surface area contributed by atoms with Crippen molar-refractivity contribution < 1.29 is 17.9 Å². The van der Waals surface area contributed by atoms with Crippen LogP contribution in [0.5, 0.6) is 5.75 Å². The number of carbonyl (C=O) groups excluding carboxylic acids is 1. The topological polar surface area (TPSA) is 88.6 Å². The lowest BCUT2D eigenvalue weighted by molar-refractivity contribution is -0.123. The fourth-order valence-corrected chi connectivity index (χ4v) is 4.70. The Labute approximate surface area is 167 Å². The SMILES string of the molecule is CN(c1ccc(OCC(=O)NCc2cccnc2)cc1)S(=O)(=O)c1cccs1. The highest BCUT2D eigenvalue weighted by Crippen LogP contribution is 2.26. The zero-order chi connectivity index (χ0) is 20.0. The van der Waals surface area contributed by atoms with Crippen LogP contribution in [0, 0.1) is 0 Å². The van der Waals surface area contributed by atoms with Crippen LogP contribution >= 0.6 is 11.3 Å². The number of nitrogens with zero attached hydrogens (tertiary/aromatic N) is 2. The highest BCUT2D eigenvalue weighted by molar-refractivity contribution is 7.94. The van der Waals surface area contributed by atoms with Gasteiger partial charge in [0.25, 0.3) is 15.9 Å². The van der Waals surface area contributed by atoms with Crippen LogP contribution < -0.4 is 14.4 Å². The highest BCUT2D eigenvalue weighted by atomic mass is 32.2. The summed E-state index contributed by atoms with van der Waals surface area (Å²) < 4.78 is 32.0. The minimum absolute atomic E-state index is 0.136. The number of ether oxygens (including phenoxy) is 1. The predicted molar refractivity (Wildman–Crippen MR) is 108 cm³/mol. The van der Waals surface area contributed by atoms with Crippen LogP contribution in [-0.2, 0) is 21.4 Å². The predicted octanol–water partition coefficient (Wildman–Crippen LogP) is 2.66. The van der Waals surface area contributed by atoms with Crippen molar-refractivity contribution in [2.45, 2.75) is 10.8 Å². The Morgan fingerprint density at radius 1 is 1.18 bits per heavy atom. The minimum Gasteiger partial charge on any atom is -0.484 e. The maximum absolute atomic E-state index is 12.5. The molecule has 7 nitrogen and oxygen atoms in total. The van der Waals surface area contributed by atoms with E-state index < -0.39 is 10.0 Å². The Bertz CT molecular complexity index is 1010. The maximum atomic E-state index is 12.5. The van der Waals surface area contributed by atoms with Gasteiger partial charge in [-0.15, -0.1) is 11.3 Å². The van der Waals surface area contributed by atoms with E-state index in [9.17, 15) is 13.2 Å². The van der Waals surface area contributed by atoms with Crippen LogP contribution in [0.3, 0.4) is 0 Å². The third kappa shape index (κ3) is 4.87. The first-order valence-corrected chi connectivity index (χ1v) is 10.7. The average Bonchev–Trinajstić information content (AvgIpc) is 3.27. The summed E-state index contributed by atoms with van der Waals surface area (Å²) in [4.78, 5) is 15.9. The molecule has 0 spiro atoms. The highest BCUT2D eigenvalue weighted by Gasteiger charge is 2.22. The van der Waals surface area contributed by atoms with E-state index in [1.807, 2.05) is 6.07 Å². The number of hydrogen-bond acceptors (Lipinski definition) is 6. The number of rotatable bonds is 8. The lowest BCUT2D eigenvalue weighted by Gasteiger charge is -2.18. The van der Waals surface area contributed by atoms with Crippen LogP contribution in [0.25, 0.3) is 0 Å². The molecule has 1 aromatic carbocycles. The molecule has 1 amide bonds. The van der Waals surface area contributed by atoms with Crippen molar-refractivity contribution in [1.82, 2.24) is 10.3 Å². The quantitative estimate of drug-likeness (QED) is 0.609. The van der Waals surface area contributed by atoms with Gasteiger partial charge in [0.05, 0.1) is 5.69 Å². The largest absolute Gasteiger partial charge is 0.484 e. The molecule has 0 bridgehead atoms. The van der Waals surface area contributed by atoms with Gasteiger partial charge in [0.2, 0.25) is 0 Å². The molecule has 3 rings (SSSR count). The molecule has 0 aliphatic rings. The second-order valence-corrected chi connectivity index (χ2v) is 8.97. The zero-order valence-corrected chi connectivity index (χ0v) is 16.7. The van der Waals surface area contributed by atoms with E-state index >= 15 is 0 Å². The van der Waals surface area contributed by atoms with Gasteiger partial charge in [-0.2, -0.15) is 0 Å². The second-order valence-electron chi connectivity index (χ2n) is 5.83. The van der Waals surface area contributed by atoms with Crippen LogP contribution in [0.15, 0.2) is 70.5 Å². The summed E-state index contributed by atoms with van der Waals surface area (Å²) in [7, 11) is -2.08. The number of carbonyl (C=O) groups is 1. The zero-order valence-electron chi connectivity index (χ0n) is 15.1. The molecule has 0 saturated heterocycles. The van der Waals surface area contributed by atoms with Crippen molar-refractivity contribution in [3.63, 3.8) is 0 Å². The number of sulfonamides is 1. The summed E-state index contributed by atoms with van der Waals surface area (Å²) >= 11 is 1.17. The van der Waals surface area contributed by atoms with E-state index in [4.69, 9.17) is 4.74 Å². The third-order valence-electron chi connectivity index (χ3n) is 3.89. The number of benzene rings is 1. The lowest BCUT2D eigenvalue weighted by atomic mass is 10.3. The molecule has 146 valence electrons. The molecule has 2 aromatic heterocycles. The van der Waals surface area contributed by atoms with E-state index in [2.05, 4.69) is 10.3 Å². The van der Waals surface area contributed by atoms with Gasteiger partial charge >= 0.3 is 0 Å². The van der Waals surface area contributed by atoms with Crippen molar-refractivity contribution in [1.29, 1.82) is 0 Å². The van der Waals surface area contributed by atoms with Gasteiger partial charge < -0.3 is 10.1 Å². The molecule has 0 fully saturated rings. The third-order valence-corrected chi connectivity index (χ3v) is 7.05. The molecular formula is C19H19N3O4S2. The van der Waals surface area contributed by atoms with Gasteiger partial charge in [0, 0.05) is 26.0 Å². The number of amides is 1.